The summed E-state index contributed by atoms with van der Waals surface area (Å²) in [4.78, 5) is 24.6. The van der Waals surface area contributed by atoms with Gasteiger partial charge in [-0.1, -0.05) is 12.1 Å². The van der Waals surface area contributed by atoms with Gasteiger partial charge >= 0.3 is 5.97 Å². The zero-order valence-electron chi connectivity index (χ0n) is 10.6. The van der Waals surface area contributed by atoms with Crippen LogP contribution in [0.2, 0.25) is 0 Å². The average molecular weight is 247 g/mol. The standard InChI is InChI=1S/C14H17NO3/c1-9-3-4-10(2)12(7-9)15-8-11(14(17)18)5-6-13(15)16/h3-4,7,11H,5-6,8H2,1-2H3,(H,17,18). The molecular formula is C14H17NO3. The number of carboxylic acid groups (broad SMARTS) is 1. The quantitative estimate of drug-likeness (QED) is 0.871. The molecule has 1 saturated heterocycles. The van der Waals surface area contributed by atoms with Crippen molar-refractivity contribution in [2.24, 2.45) is 5.92 Å². The minimum atomic E-state index is -0.821. The molecule has 0 spiro atoms. The maximum absolute atomic E-state index is 12.0. The lowest BCUT2D eigenvalue weighted by molar-refractivity contribution is -0.142. The Morgan fingerprint density at radius 2 is 2.11 bits per heavy atom. The molecule has 1 heterocycles. The number of anilines is 1. The van der Waals surface area contributed by atoms with Crippen molar-refractivity contribution in [1.82, 2.24) is 0 Å². The molecule has 18 heavy (non-hydrogen) atoms. The third-order valence-corrected chi connectivity index (χ3v) is 3.42. The molecule has 1 atom stereocenters. The van der Waals surface area contributed by atoms with Crippen LogP contribution in [0.3, 0.4) is 0 Å². The Balaban J connectivity index is 2.32. The van der Waals surface area contributed by atoms with Crippen LogP contribution in [0.5, 0.6) is 0 Å². The monoisotopic (exact) mass is 247 g/mol. The summed E-state index contributed by atoms with van der Waals surface area (Å²) in [5, 5.41) is 9.08. The molecule has 1 aromatic rings. The van der Waals surface area contributed by atoms with Crippen LogP contribution in [0.1, 0.15) is 24.0 Å². The van der Waals surface area contributed by atoms with Crippen LogP contribution in [0, 0.1) is 19.8 Å². The Kier molecular flexibility index (Phi) is 3.36. The lowest BCUT2D eigenvalue weighted by atomic mass is 9.96. The average Bonchev–Trinajstić information content (AvgIpc) is 2.33. The predicted octanol–water partition coefficient (Wildman–Crippen LogP) is 2.13. The zero-order chi connectivity index (χ0) is 13.3. The van der Waals surface area contributed by atoms with Crippen molar-refractivity contribution in [3.63, 3.8) is 0 Å². The normalized spacial score (nSPS) is 20.0. The van der Waals surface area contributed by atoms with Gasteiger partial charge in [-0.15, -0.1) is 0 Å². The molecule has 1 fully saturated rings. The van der Waals surface area contributed by atoms with Crippen LogP contribution in [-0.2, 0) is 9.59 Å². The summed E-state index contributed by atoms with van der Waals surface area (Å²) in [5.41, 5.74) is 2.91. The molecule has 1 unspecified atom stereocenters. The molecular weight excluding hydrogens is 230 g/mol. The van der Waals surface area contributed by atoms with Gasteiger partial charge in [0.25, 0.3) is 0 Å². The van der Waals surface area contributed by atoms with Crippen molar-refractivity contribution in [2.45, 2.75) is 26.7 Å². The summed E-state index contributed by atoms with van der Waals surface area (Å²) >= 11 is 0. The number of hydrogen-bond donors (Lipinski definition) is 1. The molecule has 2 rings (SSSR count). The Hall–Kier alpha value is -1.84. The minimum Gasteiger partial charge on any atom is -0.481 e. The van der Waals surface area contributed by atoms with Crippen molar-refractivity contribution in [3.05, 3.63) is 29.3 Å². The molecule has 0 saturated carbocycles. The van der Waals surface area contributed by atoms with Crippen LogP contribution in [0.4, 0.5) is 5.69 Å². The summed E-state index contributed by atoms with van der Waals surface area (Å²) in [7, 11) is 0. The molecule has 0 radical (unpaired) electrons. The van der Waals surface area contributed by atoms with Gasteiger partial charge in [-0.2, -0.15) is 0 Å². The smallest absolute Gasteiger partial charge is 0.308 e. The molecule has 0 aliphatic carbocycles. The van der Waals surface area contributed by atoms with E-state index in [2.05, 4.69) is 0 Å². The van der Waals surface area contributed by atoms with E-state index in [1.54, 1.807) is 4.90 Å². The SMILES string of the molecule is Cc1ccc(C)c(N2CC(C(=O)O)CCC2=O)c1. The topological polar surface area (TPSA) is 57.6 Å². The Morgan fingerprint density at radius 3 is 2.78 bits per heavy atom. The first-order chi connectivity index (χ1) is 8.49. The number of benzene rings is 1. The number of carbonyl (C=O) groups is 2. The highest BCUT2D eigenvalue weighted by atomic mass is 16.4. The third-order valence-electron chi connectivity index (χ3n) is 3.42. The fraction of sp³-hybridized carbons (Fsp3) is 0.429. The molecule has 1 aliphatic heterocycles. The highest BCUT2D eigenvalue weighted by Crippen LogP contribution is 2.27. The van der Waals surface area contributed by atoms with Crippen molar-refractivity contribution < 1.29 is 14.7 Å². The first kappa shape index (κ1) is 12.6. The molecule has 0 aromatic heterocycles. The summed E-state index contributed by atoms with van der Waals surface area (Å²) in [6.45, 7) is 4.18. The van der Waals surface area contributed by atoms with Gasteiger partial charge < -0.3 is 10.0 Å². The van der Waals surface area contributed by atoms with Crippen LogP contribution >= 0.6 is 0 Å². The van der Waals surface area contributed by atoms with Gasteiger partial charge in [-0.05, 0) is 37.5 Å². The van der Waals surface area contributed by atoms with Crippen LogP contribution < -0.4 is 4.90 Å². The van der Waals surface area contributed by atoms with Crippen LogP contribution in [0.25, 0.3) is 0 Å². The number of aliphatic carboxylic acids is 1. The molecule has 0 bridgehead atoms. The van der Waals surface area contributed by atoms with E-state index in [1.807, 2.05) is 32.0 Å². The van der Waals surface area contributed by atoms with E-state index < -0.39 is 11.9 Å². The van der Waals surface area contributed by atoms with Crippen molar-refractivity contribution in [3.8, 4) is 0 Å². The molecule has 1 N–H and O–H groups in total. The number of aryl methyl sites for hydroxylation is 2. The van der Waals surface area contributed by atoms with E-state index in [4.69, 9.17) is 5.11 Å². The van der Waals surface area contributed by atoms with E-state index in [-0.39, 0.29) is 12.5 Å². The van der Waals surface area contributed by atoms with Crippen LogP contribution in [-0.4, -0.2) is 23.5 Å². The number of carbonyl (C=O) groups excluding carboxylic acids is 1. The summed E-state index contributed by atoms with van der Waals surface area (Å²) in [5.74, 6) is -1.26. The maximum Gasteiger partial charge on any atom is 0.308 e. The van der Waals surface area contributed by atoms with Crippen molar-refractivity contribution in [1.29, 1.82) is 0 Å². The third kappa shape index (κ3) is 2.37. The molecule has 4 nitrogen and oxygen atoms in total. The lowest BCUT2D eigenvalue weighted by Crippen LogP contribution is -2.43. The van der Waals surface area contributed by atoms with Gasteiger partial charge in [0.15, 0.2) is 0 Å². The highest BCUT2D eigenvalue weighted by molar-refractivity contribution is 5.96. The highest BCUT2D eigenvalue weighted by Gasteiger charge is 2.31. The Morgan fingerprint density at radius 1 is 1.39 bits per heavy atom. The molecule has 4 heteroatoms. The summed E-state index contributed by atoms with van der Waals surface area (Å²) in [6, 6.07) is 5.89. The van der Waals surface area contributed by atoms with E-state index in [1.165, 1.54) is 0 Å². The second kappa shape index (κ2) is 4.80. The number of hydrogen-bond acceptors (Lipinski definition) is 2. The molecule has 1 aromatic carbocycles. The molecule has 1 aliphatic rings. The Labute approximate surface area is 106 Å². The van der Waals surface area contributed by atoms with Gasteiger partial charge in [0, 0.05) is 18.7 Å². The number of carboxylic acids is 1. The fourth-order valence-electron chi connectivity index (χ4n) is 2.29. The number of amides is 1. The van der Waals surface area contributed by atoms with Crippen molar-refractivity contribution >= 4 is 17.6 Å². The fourth-order valence-corrected chi connectivity index (χ4v) is 2.29. The second-order valence-electron chi connectivity index (χ2n) is 4.87. The van der Waals surface area contributed by atoms with E-state index >= 15 is 0 Å². The van der Waals surface area contributed by atoms with E-state index in [0.29, 0.717) is 12.8 Å². The first-order valence-corrected chi connectivity index (χ1v) is 6.09. The second-order valence-corrected chi connectivity index (χ2v) is 4.87. The number of nitrogens with zero attached hydrogens (tertiary/aromatic N) is 1. The minimum absolute atomic E-state index is 0.0150. The summed E-state index contributed by atoms with van der Waals surface area (Å²) < 4.78 is 0. The molecule has 1 amide bonds. The summed E-state index contributed by atoms with van der Waals surface area (Å²) in [6.07, 6.45) is 0.750. The number of piperidine rings is 1. The van der Waals surface area contributed by atoms with Gasteiger partial charge in [0.1, 0.15) is 0 Å². The molecule has 96 valence electrons. The first-order valence-electron chi connectivity index (χ1n) is 6.09. The van der Waals surface area contributed by atoms with E-state index in [0.717, 1.165) is 16.8 Å². The maximum atomic E-state index is 12.0. The lowest BCUT2D eigenvalue weighted by Gasteiger charge is -2.31. The van der Waals surface area contributed by atoms with Gasteiger partial charge in [-0.3, -0.25) is 9.59 Å². The Bertz CT molecular complexity index is 496. The van der Waals surface area contributed by atoms with Gasteiger partial charge in [-0.25, -0.2) is 0 Å². The van der Waals surface area contributed by atoms with E-state index in [9.17, 15) is 9.59 Å². The van der Waals surface area contributed by atoms with Gasteiger partial charge in [0.05, 0.1) is 5.92 Å². The van der Waals surface area contributed by atoms with Gasteiger partial charge in [0.2, 0.25) is 5.91 Å². The number of rotatable bonds is 2. The van der Waals surface area contributed by atoms with Crippen molar-refractivity contribution in [2.75, 3.05) is 11.4 Å². The zero-order valence-corrected chi connectivity index (χ0v) is 10.6. The largest absolute Gasteiger partial charge is 0.481 e. The van der Waals surface area contributed by atoms with Crippen LogP contribution in [0.15, 0.2) is 18.2 Å². The predicted molar refractivity (Wildman–Crippen MR) is 68.6 cm³/mol.